The highest BCUT2D eigenvalue weighted by molar-refractivity contribution is 5.94. The van der Waals surface area contributed by atoms with E-state index < -0.39 is 0 Å². The third-order valence-corrected chi connectivity index (χ3v) is 4.59. The van der Waals surface area contributed by atoms with E-state index in [4.69, 9.17) is 0 Å². The van der Waals surface area contributed by atoms with Gasteiger partial charge in [-0.1, -0.05) is 25.1 Å². The number of fused-ring (bicyclic) bond motifs is 1. The van der Waals surface area contributed by atoms with E-state index in [2.05, 4.69) is 23.6 Å². The molecule has 2 aliphatic heterocycles. The fourth-order valence-electron chi connectivity index (χ4n) is 3.39. The largest absolute Gasteiger partial charge is 0.338 e. The highest BCUT2D eigenvalue weighted by Gasteiger charge is 2.32. The van der Waals surface area contributed by atoms with Crippen molar-refractivity contribution in [1.29, 1.82) is 0 Å². The molecule has 2 atom stereocenters. The number of carbonyl (C=O) groups excluding carboxylic acids is 2. The molecule has 0 radical (unpaired) electrons. The second kappa shape index (κ2) is 6.48. The predicted octanol–water partition coefficient (Wildman–Crippen LogP) is 2.12. The van der Waals surface area contributed by atoms with Crippen LogP contribution in [0.4, 0.5) is 15.3 Å². The Hall–Kier alpha value is -2.24. The molecule has 0 bridgehead atoms. The minimum Gasteiger partial charge on any atom is -0.338 e. The van der Waals surface area contributed by atoms with Gasteiger partial charge in [-0.25, -0.2) is 9.59 Å². The van der Waals surface area contributed by atoms with Gasteiger partial charge in [-0.05, 0) is 25.0 Å². The van der Waals surface area contributed by atoms with Gasteiger partial charge in [0.1, 0.15) is 0 Å². The average Bonchev–Trinajstić information content (AvgIpc) is 3.13. The standard InChI is InChI=1S/C17H24N4O2/c1-3-18-16(22)20-9-8-13(11-20)19-17(23)21-10-12(2)14-6-4-5-7-15(14)21/h4-7,12-13H,3,8-11H2,1-2H3,(H,18,22)(H,19,23)/t12-,13-/m1/s1. The number of hydrogen-bond acceptors (Lipinski definition) is 2. The minimum absolute atomic E-state index is 0.0215. The average molecular weight is 316 g/mol. The molecule has 0 aromatic heterocycles. The van der Waals surface area contributed by atoms with Crippen molar-refractivity contribution < 1.29 is 9.59 Å². The van der Waals surface area contributed by atoms with E-state index in [-0.39, 0.29) is 18.1 Å². The molecular weight excluding hydrogens is 292 g/mol. The molecule has 2 aliphatic rings. The summed E-state index contributed by atoms with van der Waals surface area (Å²) in [4.78, 5) is 28.0. The first-order valence-electron chi connectivity index (χ1n) is 8.30. The predicted molar refractivity (Wildman–Crippen MR) is 89.8 cm³/mol. The van der Waals surface area contributed by atoms with E-state index in [9.17, 15) is 9.59 Å². The van der Waals surface area contributed by atoms with Gasteiger partial charge in [0.15, 0.2) is 0 Å². The summed E-state index contributed by atoms with van der Waals surface area (Å²) in [6, 6.07) is 7.96. The molecule has 0 saturated carbocycles. The quantitative estimate of drug-likeness (QED) is 0.878. The summed E-state index contributed by atoms with van der Waals surface area (Å²) in [6.07, 6.45) is 0.800. The second-order valence-electron chi connectivity index (χ2n) is 6.29. The number of urea groups is 2. The van der Waals surface area contributed by atoms with Crippen LogP contribution in [0.15, 0.2) is 24.3 Å². The number of para-hydroxylation sites is 1. The van der Waals surface area contributed by atoms with Gasteiger partial charge in [-0.3, -0.25) is 4.90 Å². The van der Waals surface area contributed by atoms with Crippen LogP contribution < -0.4 is 15.5 Å². The molecule has 1 fully saturated rings. The molecule has 1 saturated heterocycles. The molecule has 0 aliphatic carbocycles. The molecule has 1 aromatic rings. The Kier molecular flexibility index (Phi) is 4.41. The van der Waals surface area contributed by atoms with Crippen molar-refractivity contribution in [2.45, 2.75) is 32.2 Å². The number of hydrogen-bond donors (Lipinski definition) is 2. The van der Waals surface area contributed by atoms with Gasteiger partial charge in [0.25, 0.3) is 0 Å². The zero-order valence-electron chi connectivity index (χ0n) is 13.7. The number of rotatable bonds is 2. The lowest BCUT2D eigenvalue weighted by Crippen LogP contribution is -2.46. The fraction of sp³-hybridized carbons (Fsp3) is 0.529. The van der Waals surface area contributed by atoms with Crippen molar-refractivity contribution in [3.8, 4) is 0 Å². The van der Waals surface area contributed by atoms with E-state index in [0.717, 1.165) is 12.1 Å². The lowest BCUT2D eigenvalue weighted by molar-refractivity contribution is 0.207. The lowest BCUT2D eigenvalue weighted by atomic mass is 10.0. The van der Waals surface area contributed by atoms with Gasteiger partial charge >= 0.3 is 12.1 Å². The number of carbonyl (C=O) groups is 2. The topological polar surface area (TPSA) is 64.7 Å². The third-order valence-electron chi connectivity index (χ3n) is 4.59. The summed E-state index contributed by atoms with van der Waals surface area (Å²) in [7, 11) is 0. The maximum Gasteiger partial charge on any atom is 0.322 e. The normalized spacial score (nSPS) is 22.9. The van der Waals surface area contributed by atoms with E-state index in [1.165, 1.54) is 5.56 Å². The Morgan fingerprint density at radius 2 is 2.00 bits per heavy atom. The molecule has 6 heteroatoms. The summed E-state index contributed by atoms with van der Waals surface area (Å²) in [5.41, 5.74) is 2.22. The van der Waals surface area contributed by atoms with Gasteiger partial charge in [0.05, 0.1) is 0 Å². The van der Waals surface area contributed by atoms with E-state index in [0.29, 0.717) is 32.1 Å². The molecule has 2 heterocycles. The zero-order valence-corrected chi connectivity index (χ0v) is 13.7. The summed E-state index contributed by atoms with van der Waals surface area (Å²) in [5, 5.41) is 5.87. The van der Waals surface area contributed by atoms with Gasteiger partial charge in [-0.15, -0.1) is 0 Å². The van der Waals surface area contributed by atoms with Crippen molar-refractivity contribution in [3.05, 3.63) is 29.8 Å². The number of likely N-dealkylation sites (tertiary alicyclic amines) is 1. The van der Waals surface area contributed by atoms with Gasteiger partial charge in [0, 0.05) is 43.8 Å². The molecule has 6 nitrogen and oxygen atoms in total. The van der Waals surface area contributed by atoms with Crippen LogP contribution in [0.2, 0.25) is 0 Å². The van der Waals surface area contributed by atoms with Gasteiger partial charge in [0.2, 0.25) is 0 Å². The molecule has 1 aromatic carbocycles. The van der Waals surface area contributed by atoms with E-state index >= 15 is 0 Å². The van der Waals surface area contributed by atoms with E-state index in [1.807, 2.05) is 30.0 Å². The number of benzene rings is 1. The molecule has 124 valence electrons. The van der Waals surface area contributed by atoms with Gasteiger partial charge < -0.3 is 15.5 Å². The van der Waals surface area contributed by atoms with Crippen molar-refractivity contribution >= 4 is 17.7 Å². The van der Waals surface area contributed by atoms with Crippen LogP contribution in [0.3, 0.4) is 0 Å². The SMILES string of the molecule is CCNC(=O)N1CC[C@@H](NC(=O)N2C[C@@H](C)c3ccccc32)C1. The van der Waals surface area contributed by atoms with Gasteiger partial charge in [-0.2, -0.15) is 0 Å². The summed E-state index contributed by atoms with van der Waals surface area (Å²) >= 11 is 0. The number of amides is 4. The van der Waals surface area contributed by atoms with Crippen LogP contribution in [0.25, 0.3) is 0 Å². The molecule has 3 rings (SSSR count). The third kappa shape index (κ3) is 3.11. The smallest absolute Gasteiger partial charge is 0.322 e. The molecule has 0 unspecified atom stereocenters. The Balaban J connectivity index is 1.60. The van der Waals surface area contributed by atoms with Crippen LogP contribution in [0.1, 0.15) is 31.7 Å². The molecular formula is C17H24N4O2. The number of nitrogens with one attached hydrogen (secondary N) is 2. The highest BCUT2D eigenvalue weighted by Crippen LogP contribution is 2.35. The maximum absolute atomic E-state index is 12.6. The Bertz CT molecular complexity index is 604. The van der Waals surface area contributed by atoms with Crippen LogP contribution in [-0.2, 0) is 0 Å². The van der Waals surface area contributed by atoms with Crippen LogP contribution in [0, 0.1) is 0 Å². The minimum atomic E-state index is -0.0652. The zero-order chi connectivity index (χ0) is 16.4. The molecule has 23 heavy (non-hydrogen) atoms. The summed E-state index contributed by atoms with van der Waals surface area (Å²) < 4.78 is 0. The second-order valence-corrected chi connectivity index (χ2v) is 6.29. The molecule has 0 spiro atoms. The van der Waals surface area contributed by atoms with Crippen molar-refractivity contribution in [3.63, 3.8) is 0 Å². The lowest BCUT2D eigenvalue weighted by Gasteiger charge is -2.22. The first kappa shape index (κ1) is 15.6. The maximum atomic E-state index is 12.6. The highest BCUT2D eigenvalue weighted by atomic mass is 16.2. The first-order valence-corrected chi connectivity index (χ1v) is 8.30. The van der Waals surface area contributed by atoms with Crippen molar-refractivity contribution in [1.82, 2.24) is 15.5 Å². The number of anilines is 1. The van der Waals surface area contributed by atoms with Crippen molar-refractivity contribution in [2.75, 3.05) is 31.1 Å². The fourth-order valence-corrected chi connectivity index (χ4v) is 3.39. The summed E-state index contributed by atoms with van der Waals surface area (Å²) in [6.45, 7) is 6.62. The summed E-state index contributed by atoms with van der Waals surface area (Å²) in [5.74, 6) is 0.354. The monoisotopic (exact) mass is 316 g/mol. The molecule has 4 amide bonds. The number of nitrogens with zero attached hydrogens (tertiary/aromatic N) is 2. The van der Waals surface area contributed by atoms with Crippen LogP contribution in [-0.4, -0.2) is 49.2 Å². The van der Waals surface area contributed by atoms with Crippen LogP contribution >= 0.6 is 0 Å². The first-order chi connectivity index (χ1) is 11.1. The Morgan fingerprint density at radius 3 is 2.78 bits per heavy atom. The van der Waals surface area contributed by atoms with E-state index in [1.54, 1.807) is 4.90 Å². The molecule has 2 N–H and O–H groups in total. The van der Waals surface area contributed by atoms with Crippen LogP contribution in [0.5, 0.6) is 0 Å². The Labute approximate surface area is 136 Å². The van der Waals surface area contributed by atoms with Crippen molar-refractivity contribution in [2.24, 2.45) is 0 Å². The Morgan fingerprint density at radius 1 is 1.22 bits per heavy atom.